The van der Waals surface area contributed by atoms with Crippen LogP contribution >= 0.6 is 24.0 Å². The van der Waals surface area contributed by atoms with E-state index in [1.54, 1.807) is 0 Å². The largest absolute Gasteiger partial charge is 0.396 e. The lowest BCUT2D eigenvalue weighted by molar-refractivity contribution is -0.135. The number of amides is 1. The van der Waals surface area contributed by atoms with Crippen LogP contribution in [0.5, 0.6) is 0 Å². The third-order valence-electron chi connectivity index (χ3n) is 6.00. The zero-order valence-electron chi connectivity index (χ0n) is 16.0. The van der Waals surface area contributed by atoms with E-state index in [0.717, 1.165) is 57.7 Å². The number of aliphatic imine (C=N–C) groups is 1. The summed E-state index contributed by atoms with van der Waals surface area (Å²) in [4.78, 5) is 19.4. The van der Waals surface area contributed by atoms with Gasteiger partial charge in [0.2, 0.25) is 5.91 Å². The van der Waals surface area contributed by atoms with Crippen LogP contribution in [0.2, 0.25) is 0 Å². The number of rotatable bonds is 6. The number of likely N-dealkylation sites (tertiary alicyclic amines) is 1. The quantitative estimate of drug-likeness (QED) is 0.311. The van der Waals surface area contributed by atoms with Crippen LogP contribution in [0.15, 0.2) is 4.99 Å². The second-order valence-corrected chi connectivity index (χ2v) is 8.10. The van der Waals surface area contributed by atoms with Crippen molar-refractivity contribution in [2.24, 2.45) is 16.3 Å². The van der Waals surface area contributed by atoms with Crippen molar-refractivity contribution >= 4 is 35.8 Å². The predicted molar refractivity (Wildman–Crippen MR) is 115 cm³/mol. The Morgan fingerprint density at radius 2 is 1.96 bits per heavy atom. The average molecular weight is 478 g/mol. The molecule has 2 aliphatic carbocycles. The molecule has 6 nitrogen and oxygen atoms in total. The molecule has 3 rings (SSSR count). The topological polar surface area (TPSA) is 77.0 Å². The summed E-state index contributed by atoms with van der Waals surface area (Å²) in [6.07, 6.45) is 8.95. The van der Waals surface area contributed by atoms with Gasteiger partial charge in [0.25, 0.3) is 0 Å². The fourth-order valence-corrected chi connectivity index (χ4v) is 3.99. The number of nitrogens with zero attached hydrogens (tertiary/aromatic N) is 2. The zero-order valence-corrected chi connectivity index (χ0v) is 18.3. The van der Waals surface area contributed by atoms with E-state index in [-0.39, 0.29) is 48.0 Å². The van der Waals surface area contributed by atoms with Crippen molar-refractivity contribution in [3.8, 4) is 0 Å². The van der Waals surface area contributed by atoms with Gasteiger partial charge in [-0.3, -0.25) is 9.79 Å². The van der Waals surface area contributed by atoms with E-state index in [4.69, 9.17) is 0 Å². The molecule has 1 amide bonds. The molecular formula is C19H35IN4O2. The van der Waals surface area contributed by atoms with Crippen LogP contribution in [0.1, 0.15) is 58.3 Å². The van der Waals surface area contributed by atoms with Crippen LogP contribution in [-0.4, -0.2) is 60.7 Å². The Hall–Kier alpha value is -0.570. The Labute approximate surface area is 174 Å². The number of aliphatic hydroxyl groups excluding tert-OH is 1. The summed E-state index contributed by atoms with van der Waals surface area (Å²) < 4.78 is 0. The first-order chi connectivity index (χ1) is 12.2. The number of aliphatic hydroxyl groups is 1. The molecule has 26 heavy (non-hydrogen) atoms. The van der Waals surface area contributed by atoms with Gasteiger partial charge in [-0.1, -0.05) is 19.3 Å². The van der Waals surface area contributed by atoms with E-state index in [1.807, 2.05) is 4.90 Å². The van der Waals surface area contributed by atoms with Crippen LogP contribution in [0, 0.1) is 11.3 Å². The Bertz CT molecular complexity index is 490. The van der Waals surface area contributed by atoms with Gasteiger partial charge in [-0.15, -0.1) is 24.0 Å². The molecule has 1 atom stereocenters. The van der Waals surface area contributed by atoms with Crippen LogP contribution in [-0.2, 0) is 4.79 Å². The SMILES string of the molecule is CCNC(=NCC1(CO)CC1)NC1CCN(C(=O)C2CCCCC2)C1.I. The van der Waals surface area contributed by atoms with Crippen LogP contribution in [0.25, 0.3) is 0 Å². The summed E-state index contributed by atoms with van der Waals surface area (Å²) in [5.41, 5.74) is 0.0288. The maximum absolute atomic E-state index is 12.7. The van der Waals surface area contributed by atoms with Gasteiger partial charge < -0.3 is 20.6 Å². The van der Waals surface area contributed by atoms with E-state index in [9.17, 15) is 9.90 Å². The molecule has 0 aromatic heterocycles. The minimum atomic E-state index is 0. The lowest BCUT2D eigenvalue weighted by Crippen LogP contribution is -2.46. The van der Waals surface area contributed by atoms with Gasteiger partial charge in [-0.2, -0.15) is 0 Å². The Morgan fingerprint density at radius 1 is 1.23 bits per heavy atom. The van der Waals surface area contributed by atoms with E-state index in [0.29, 0.717) is 12.5 Å². The molecule has 0 bridgehead atoms. The standard InChI is InChI=1S/C19H34N4O2.HI/c1-2-20-18(21-13-19(14-24)9-10-19)22-16-8-11-23(12-16)17(25)15-6-4-3-5-7-15;/h15-16,24H,2-14H2,1H3,(H2,20,21,22);1H. The smallest absolute Gasteiger partial charge is 0.225 e. The molecule has 1 saturated heterocycles. The molecule has 0 aromatic rings. The average Bonchev–Trinajstić information content (AvgIpc) is 3.29. The van der Waals surface area contributed by atoms with Crippen molar-refractivity contribution in [2.45, 2.75) is 64.3 Å². The maximum atomic E-state index is 12.7. The normalized spacial score (nSPS) is 25.5. The van der Waals surface area contributed by atoms with Gasteiger partial charge in [0.05, 0.1) is 13.2 Å². The third kappa shape index (κ3) is 5.71. The summed E-state index contributed by atoms with van der Waals surface area (Å²) in [6.45, 7) is 5.41. The van der Waals surface area contributed by atoms with Gasteiger partial charge in [0.1, 0.15) is 0 Å². The van der Waals surface area contributed by atoms with Crippen molar-refractivity contribution in [1.82, 2.24) is 15.5 Å². The molecule has 7 heteroatoms. The van der Waals surface area contributed by atoms with Gasteiger partial charge in [-0.05, 0) is 39.0 Å². The van der Waals surface area contributed by atoms with Crippen LogP contribution < -0.4 is 10.6 Å². The first kappa shape index (κ1) is 21.7. The lowest BCUT2D eigenvalue weighted by atomic mass is 9.88. The van der Waals surface area contributed by atoms with Crippen molar-refractivity contribution in [2.75, 3.05) is 32.8 Å². The highest BCUT2D eigenvalue weighted by molar-refractivity contribution is 14.0. The molecule has 3 N–H and O–H groups in total. The molecule has 3 fully saturated rings. The Morgan fingerprint density at radius 3 is 2.58 bits per heavy atom. The van der Waals surface area contributed by atoms with Gasteiger partial charge >= 0.3 is 0 Å². The summed E-state index contributed by atoms with van der Waals surface area (Å²) in [7, 11) is 0. The minimum Gasteiger partial charge on any atom is -0.396 e. The first-order valence-corrected chi connectivity index (χ1v) is 10.1. The number of guanidine groups is 1. The van der Waals surface area contributed by atoms with Crippen LogP contribution in [0.3, 0.4) is 0 Å². The summed E-state index contributed by atoms with van der Waals surface area (Å²) >= 11 is 0. The van der Waals surface area contributed by atoms with Crippen molar-refractivity contribution in [3.63, 3.8) is 0 Å². The number of carbonyl (C=O) groups is 1. The first-order valence-electron chi connectivity index (χ1n) is 10.1. The van der Waals surface area contributed by atoms with E-state index < -0.39 is 0 Å². The fraction of sp³-hybridized carbons (Fsp3) is 0.895. The molecule has 0 spiro atoms. The van der Waals surface area contributed by atoms with Gasteiger partial charge in [-0.25, -0.2) is 0 Å². The highest BCUT2D eigenvalue weighted by Gasteiger charge is 2.42. The number of carbonyl (C=O) groups excluding carboxylic acids is 1. The zero-order chi connectivity index (χ0) is 17.7. The van der Waals surface area contributed by atoms with E-state index in [1.165, 1.54) is 19.3 Å². The van der Waals surface area contributed by atoms with Gasteiger partial charge in [0.15, 0.2) is 5.96 Å². The second kappa shape index (κ2) is 10.1. The minimum absolute atomic E-state index is 0. The predicted octanol–water partition coefficient (Wildman–Crippen LogP) is 2.11. The van der Waals surface area contributed by atoms with Crippen LogP contribution in [0.4, 0.5) is 0 Å². The molecule has 0 aromatic carbocycles. The molecular weight excluding hydrogens is 443 g/mol. The lowest BCUT2D eigenvalue weighted by Gasteiger charge is -2.26. The molecule has 1 heterocycles. The summed E-state index contributed by atoms with van der Waals surface area (Å²) in [5, 5.41) is 16.2. The molecule has 3 aliphatic rings. The molecule has 1 unspecified atom stereocenters. The second-order valence-electron chi connectivity index (χ2n) is 8.10. The number of halogens is 1. The van der Waals surface area contributed by atoms with Crippen molar-refractivity contribution in [3.05, 3.63) is 0 Å². The summed E-state index contributed by atoms with van der Waals surface area (Å²) in [6, 6.07) is 0.273. The van der Waals surface area contributed by atoms with Crippen molar-refractivity contribution < 1.29 is 9.90 Å². The molecule has 1 aliphatic heterocycles. The van der Waals surface area contributed by atoms with E-state index in [2.05, 4.69) is 22.5 Å². The molecule has 2 saturated carbocycles. The molecule has 0 radical (unpaired) electrons. The molecule has 150 valence electrons. The van der Waals surface area contributed by atoms with E-state index >= 15 is 0 Å². The number of nitrogens with one attached hydrogen (secondary N) is 2. The summed E-state index contributed by atoms with van der Waals surface area (Å²) in [5.74, 6) is 1.44. The van der Waals surface area contributed by atoms with Crippen molar-refractivity contribution in [1.29, 1.82) is 0 Å². The monoisotopic (exact) mass is 478 g/mol. The highest BCUT2D eigenvalue weighted by Crippen LogP contribution is 2.45. The maximum Gasteiger partial charge on any atom is 0.225 e. The van der Waals surface area contributed by atoms with Gasteiger partial charge in [0, 0.05) is 37.0 Å². The number of hydrogen-bond donors (Lipinski definition) is 3. The fourth-order valence-electron chi connectivity index (χ4n) is 3.99. The Kier molecular flexibility index (Phi) is 8.44. The third-order valence-corrected chi connectivity index (χ3v) is 6.00. The Balaban J connectivity index is 0.00000243. The highest BCUT2D eigenvalue weighted by atomic mass is 127. The number of hydrogen-bond acceptors (Lipinski definition) is 3.